The van der Waals surface area contributed by atoms with E-state index in [1.165, 1.54) is 0 Å². The third-order valence-electron chi connectivity index (χ3n) is 9.05. The van der Waals surface area contributed by atoms with Crippen molar-refractivity contribution < 1.29 is 9.59 Å². The van der Waals surface area contributed by atoms with Crippen molar-refractivity contribution >= 4 is 29.1 Å². The van der Waals surface area contributed by atoms with Crippen LogP contribution in [0.1, 0.15) is 112 Å². The van der Waals surface area contributed by atoms with E-state index in [9.17, 15) is 9.59 Å². The van der Waals surface area contributed by atoms with Crippen LogP contribution in [0.5, 0.6) is 0 Å². The summed E-state index contributed by atoms with van der Waals surface area (Å²) in [6.45, 7) is 9.29. The number of hydrogen-bond donors (Lipinski definition) is 2. The van der Waals surface area contributed by atoms with E-state index < -0.39 is 5.66 Å². The monoisotopic (exact) mass is 603 g/mol. The third kappa shape index (κ3) is 6.82. The Morgan fingerprint density at radius 3 is 2.51 bits per heavy atom. The topological polar surface area (TPSA) is 116 Å². The summed E-state index contributed by atoms with van der Waals surface area (Å²) in [4.78, 5) is 34.7. The van der Waals surface area contributed by atoms with E-state index in [0.29, 0.717) is 28.0 Å². The molecule has 43 heavy (non-hydrogen) atoms. The number of aromatic nitrogens is 4. The summed E-state index contributed by atoms with van der Waals surface area (Å²) >= 11 is 6.36. The number of unbranched alkanes of at least 4 members (excludes halogenated alkanes) is 2. The molecule has 1 aromatic heterocycles. The van der Waals surface area contributed by atoms with Crippen LogP contribution in [0.3, 0.4) is 0 Å². The molecule has 2 N–H and O–H groups in total. The summed E-state index contributed by atoms with van der Waals surface area (Å²) in [5.74, 6) is 0.722. The Morgan fingerprint density at radius 1 is 1.14 bits per heavy atom. The number of carbonyl (C=O) groups excluding carboxylic acids is 2. The molecule has 1 aliphatic heterocycles. The van der Waals surface area contributed by atoms with Gasteiger partial charge in [0.05, 0.1) is 12.6 Å². The first-order valence-corrected chi connectivity index (χ1v) is 15.8. The Labute approximate surface area is 258 Å². The maximum absolute atomic E-state index is 14.5. The molecule has 1 fully saturated rings. The second-order valence-corrected chi connectivity index (χ2v) is 13.3. The number of nitrogens with one attached hydrogen (secondary N) is 2. The van der Waals surface area contributed by atoms with Crippen molar-refractivity contribution in [3.05, 3.63) is 76.1 Å². The average molecular weight is 604 g/mol. The molecule has 5 rings (SSSR count). The Hall–Kier alpha value is -3.59. The zero-order valence-corrected chi connectivity index (χ0v) is 26.3. The van der Waals surface area contributed by atoms with Gasteiger partial charge < -0.3 is 10.2 Å². The highest BCUT2D eigenvalue weighted by molar-refractivity contribution is 6.47. The van der Waals surface area contributed by atoms with Crippen LogP contribution < -0.4 is 5.32 Å². The number of amides is 2. The van der Waals surface area contributed by atoms with E-state index >= 15 is 0 Å². The SMILES string of the molecule is CCCCC[C@@H](c1ccc(C(=O)NCc2nn[nH]n2)cc1)N1C(=O)C(c2cccc(Cl)c2)=NC12CCC(C(C)(C)C)CC2. The van der Waals surface area contributed by atoms with Crippen molar-refractivity contribution in [2.75, 3.05) is 0 Å². The minimum atomic E-state index is -0.603. The Balaban J connectivity index is 1.47. The first kappa shape index (κ1) is 30.9. The van der Waals surface area contributed by atoms with Gasteiger partial charge in [-0.2, -0.15) is 5.21 Å². The molecule has 1 atom stereocenters. The molecule has 2 amide bonds. The van der Waals surface area contributed by atoms with E-state index in [0.717, 1.165) is 62.5 Å². The van der Waals surface area contributed by atoms with Crippen molar-refractivity contribution in [1.29, 1.82) is 0 Å². The molecule has 10 heteroatoms. The highest BCUT2D eigenvalue weighted by Crippen LogP contribution is 2.50. The van der Waals surface area contributed by atoms with Gasteiger partial charge >= 0.3 is 0 Å². The second-order valence-electron chi connectivity index (χ2n) is 12.9. The summed E-state index contributed by atoms with van der Waals surface area (Å²) in [5.41, 5.74) is 2.40. The summed E-state index contributed by atoms with van der Waals surface area (Å²) in [7, 11) is 0. The van der Waals surface area contributed by atoms with Crippen LogP contribution in [0.4, 0.5) is 0 Å². The molecule has 0 bridgehead atoms. The van der Waals surface area contributed by atoms with Gasteiger partial charge in [-0.1, -0.05) is 88.0 Å². The van der Waals surface area contributed by atoms with Crippen LogP contribution in [0.25, 0.3) is 0 Å². The molecule has 9 nitrogen and oxygen atoms in total. The van der Waals surface area contributed by atoms with Gasteiger partial charge in [0.15, 0.2) is 5.82 Å². The largest absolute Gasteiger partial charge is 0.345 e. The van der Waals surface area contributed by atoms with Crippen molar-refractivity contribution in [3.63, 3.8) is 0 Å². The fourth-order valence-corrected chi connectivity index (χ4v) is 6.77. The number of H-pyrrole nitrogens is 1. The number of hydrogen-bond acceptors (Lipinski definition) is 6. The molecular weight excluding hydrogens is 562 g/mol. The molecule has 228 valence electrons. The number of rotatable bonds is 10. The van der Waals surface area contributed by atoms with Crippen LogP contribution in [-0.2, 0) is 11.3 Å². The lowest BCUT2D eigenvalue weighted by molar-refractivity contribution is -0.133. The van der Waals surface area contributed by atoms with Gasteiger partial charge in [0.1, 0.15) is 11.4 Å². The molecule has 2 heterocycles. The third-order valence-corrected chi connectivity index (χ3v) is 9.28. The Bertz CT molecular complexity index is 1440. The molecule has 1 saturated carbocycles. The molecule has 2 aliphatic rings. The molecule has 0 unspecified atom stereocenters. The van der Waals surface area contributed by atoms with Gasteiger partial charge in [-0.15, -0.1) is 10.2 Å². The number of benzene rings is 2. The van der Waals surface area contributed by atoms with E-state index in [-0.39, 0.29) is 29.8 Å². The van der Waals surface area contributed by atoms with Gasteiger partial charge in [0.2, 0.25) is 0 Å². The number of aliphatic imine (C=N–C) groups is 1. The summed E-state index contributed by atoms with van der Waals surface area (Å²) in [5, 5.41) is 17.1. The predicted molar refractivity (Wildman–Crippen MR) is 168 cm³/mol. The molecule has 0 saturated heterocycles. The van der Waals surface area contributed by atoms with Crippen LogP contribution in [0.2, 0.25) is 5.02 Å². The van der Waals surface area contributed by atoms with E-state index in [1.54, 1.807) is 0 Å². The normalized spacial score (nSPS) is 21.2. The van der Waals surface area contributed by atoms with Gasteiger partial charge in [0, 0.05) is 16.1 Å². The molecular formula is C33H42ClN7O2. The number of halogens is 1. The second kappa shape index (κ2) is 13.0. The number of aromatic amines is 1. The zero-order valence-electron chi connectivity index (χ0n) is 25.6. The number of nitrogens with zero attached hydrogens (tertiary/aromatic N) is 5. The van der Waals surface area contributed by atoms with Gasteiger partial charge in [-0.3, -0.25) is 14.6 Å². The highest BCUT2D eigenvalue weighted by Gasteiger charge is 2.52. The smallest absolute Gasteiger partial charge is 0.275 e. The summed E-state index contributed by atoms with van der Waals surface area (Å²) in [6, 6.07) is 14.9. The zero-order chi connectivity index (χ0) is 30.6. The first-order valence-electron chi connectivity index (χ1n) is 15.4. The van der Waals surface area contributed by atoms with Crippen molar-refractivity contribution in [1.82, 2.24) is 30.8 Å². The predicted octanol–water partition coefficient (Wildman–Crippen LogP) is 6.67. The maximum Gasteiger partial charge on any atom is 0.275 e. The van der Waals surface area contributed by atoms with Crippen LogP contribution in [0, 0.1) is 11.3 Å². The fourth-order valence-electron chi connectivity index (χ4n) is 6.58. The number of tetrazole rings is 1. The first-order chi connectivity index (χ1) is 20.6. The molecule has 3 aromatic rings. The minimum Gasteiger partial charge on any atom is -0.345 e. The number of carbonyl (C=O) groups is 2. The Morgan fingerprint density at radius 2 is 1.88 bits per heavy atom. The lowest BCUT2D eigenvalue weighted by Gasteiger charge is -2.47. The van der Waals surface area contributed by atoms with Crippen LogP contribution in [-0.4, -0.2) is 48.7 Å². The molecule has 2 aromatic carbocycles. The average Bonchev–Trinajstić information content (AvgIpc) is 3.61. The van der Waals surface area contributed by atoms with Crippen molar-refractivity contribution in [2.24, 2.45) is 16.3 Å². The van der Waals surface area contributed by atoms with E-state index in [2.05, 4.69) is 58.5 Å². The minimum absolute atomic E-state index is 0.0418. The van der Waals surface area contributed by atoms with Crippen LogP contribution >= 0.6 is 11.6 Å². The van der Waals surface area contributed by atoms with Crippen molar-refractivity contribution in [2.45, 2.75) is 97.3 Å². The Kier molecular flexibility index (Phi) is 9.30. The quantitative estimate of drug-likeness (QED) is 0.251. The lowest BCUT2D eigenvalue weighted by atomic mass is 9.69. The van der Waals surface area contributed by atoms with Crippen molar-refractivity contribution in [3.8, 4) is 0 Å². The van der Waals surface area contributed by atoms with Gasteiger partial charge in [-0.25, -0.2) is 0 Å². The van der Waals surface area contributed by atoms with Gasteiger partial charge in [0.25, 0.3) is 11.8 Å². The lowest BCUT2D eigenvalue weighted by Crippen LogP contribution is -2.51. The van der Waals surface area contributed by atoms with E-state index in [1.807, 2.05) is 48.5 Å². The summed E-state index contributed by atoms with van der Waals surface area (Å²) < 4.78 is 0. The fraction of sp³-hybridized carbons (Fsp3) is 0.515. The molecule has 0 radical (unpaired) electrons. The van der Waals surface area contributed by atoms with Gasteiger partial charge in [-0.05, 0) is 73.3 Å². The highest BCUT2D eigenvalue weighted by atomic mass is 35.5. The summed E-state index contributed by atoms with van der Waals surface area (Å²) in [6.07, 6.45) is 7.66. The standard InChI is InChI=1S/C33H42ClN7O2/c1-5-6-7-11-27(22-12-14-23(15-13-22)30(42)35-21-28-37-39-40-38-28)41-31(43)29(24-9-8-10-26(34)20-24)36-33(41)18-16-25(17-19-33)32(2,3)4/h8-10,12-15,20,25,27H,5-7,11,16-19,21H2,1-4H3,(H,35,42)(H,37,38,39,40)/t25?,27-,33?/m0/s1. The molecule has 1 aliphatic carbocycles. The molecule has 1 spiro atoms. The van der Waals surface area contributed by atoms with Crippen LogP contribution in [0.15, 0.2) is 53.5 Å². The van der Waals surface area contributed by atoms with E-state index in [4.69, 9.17) is 16.6 Å². The maximum atomic E-state index is 14.5.